The van der Waals surface area contributed by atoms with E-state index in [0.717, 1.165) is 5.56 Å². The van der Waals surface area contributed by atoms with E-state index in [1.807, 2.05) is 18.2 Å². The molecule has 0 spiro atoms. The predicted molar refractivity (Wildman–Crippen MR) is 64.2 cm³/mol. The average Bonchev–Trinajstić information content (AvgIpc) is 2.31. The van der Waals surface area contributed by atoms with Crippen LogP contribution in [0.3, 0.4) is 0 Å². The minimum atomic E-state index is -0.805. The highest BCUT2D eigenvalue weighted by Crippen LogP contribution is 2.30. The first-order valence-electron chi connectivity index (χ1n) is 5.82. The van der Waals surface area contributed by atoms with E-state index in [2.05, 4.69) is 0 Å². The zero-order chi connectivity index (χ0) is 13.0. The molecule has 0 unspecified atom stereocenters. The topological polar surface area (TPSA) is 65.0 Å². The summed E-state index contributed by atoms with van der Waals surface area (Å²) in [6.45, 7) is 1.20. The van der Waals surface area contributed by atoms with Gasteiger partial charge in [-0.2, -0.15) is 0 Å². The molecule has 5 nitrogen and oxygen atoms in total. The van der Waals surface area contributed by atoms with Gasteiger partial charge in [-0.05, 0) is 24.1 Å². The van der Waals surface area contributed by atoms with Crippen LogP contribution in [0.25, 0.3) is 0 Å². The Kier molecular flexibility index (Phi) is 4.04. The third-order valence-corrected chi connectivity index (χ3v) is 2.76. The highest BCUT2D eigenvalue weighted by molar-refractivity contribution is 5.67. The van der Waals surface area contributed by atoms with Gasteiger partial charge in [-0.25, -0.2) is 0 Å². The van der Waals surface area contributed by atoms with Crippen molar-refractivity contribution in [2.24, 2.45) is 0 Å². The SMILES string of the molecule is COc1cc(CCC(=O)O)ccc1OC1COC1. The molecular weight excluding hydrogens is 236 g/mol. The number of benzene rings is 1. The molecule has 0 saturated carbocycles. The quantitative estimate of drug-likeness (QED) is 0.831. The Hall–Kier alpha value is -1.75. The van der Waals surface area contributed by atoms with Crippen molar-refractivity contribution in [2.75, 3.05) is 20.3 Å². The van der Waals surface area contributed by atoms with Gasteiger partial charge in [-0.15, -0.1) is 0 Å². The third kappa shape index (κ3) is 3.13. The van der Waals surface area contributed by atoms with Gasteiger partial charge < -0.3 is 19.3 Å². The number of carboxylic acids is 1. The summed E-state index contributed by atoms with van der Waals surface area (Å²) in [5, 5.41) is 8.64. The Balaban J connectivity index is 2.04. The maximum absolute atomic E-state index is 10.5. The fraction of sp³-hybridized carbons (Fsp3) is 0.462. The van der Waals surface area contributed by atoms with Crippen LogP contribution < -0.4 is 9.47 Å². The van der Waals surface area contributed by atoms with Crippen molar-refractivity contribution in [3.63, 3.8) is 0 Å². The van der Waals surface area contributed by atoms with E-state index < -0.39 is 5.97 Å². The van der Waals surface area contributed by atoms with Crippen LogP contribution in [0.15, 0.2) is 18.2 Å². The summed E-state index contributed by atoms with van der Waals surface area (Å²) in [4.78, 5) is 10.5. The van der Waals surface area contributed by atoms with Crippen LogP contribution in [0.1, 0.15) is 12.0 Å². The fourth-order valence-electron chi connectivity index (χ4n) is 1.68. The van der Waals surface area contributed by atoms with Gasteiger partial charge in [0, 0.05) is 6.42 Å². The van der Waals surface area contributed by atoms with E-state index in [4.69, 9.17) is 19.3 Å². The van der Waals surface area contributed by atoms with Crippen molar-refractivity contribution in [3.05, 3.63) is 23.8 Å². The van der Waals surface area contributed by atoms with E-state index in [1.165, 1.54) is 0 Å². The number of carboxylic acid groups (broad SMARTS) is 1. The molecule has 0 bridgehead atoms. The van der Waals surface area contributed by atoms with Crippen LogP contribution >= 0.6 is 0 Å². The molecule has 1 heterocycles. The number of carbonyl (C=O) groups is 1. The summed E-state index contributed by atoms with van der Waals surface area (Å²) in [7, 11) is 1.57. The van der Waals surface area contributed by atoms with Crippen molar-refractivity contribution in [2.45, 2.75) is 18.9 Å². The Labute approximate surface area is 105 Å². The van der Waals surface area contributed by atoms with E-state index in [9.17, 15) is 4.79 Å². The van der Waals surface area contributed by atoms with Crippen LogP contribution in [0, 0.1) is 0 Å². The number of methoxy groups -OCH3 is 1. The lowest BCUT2D eigenvalue weighted by molar-refractivity contribution is -0.136. The molecule has 1 fully saturated rings. The van der Waals surface area contributed by atoms with Crippen molar-refractivity contribution in [3.8, 4) is 11.5 Å². The Morgan fingerprint density at radius 3 is 2.78 bits per heavy atom. The second-order valence-electron chi connectivity index (χ2n) is 4.16. The number of hydrogen-bond acceptors (Lipinski definition) is 4. The number of aliphatic carboxylic acids is 1. The van der Waals surface area contributed by atoms with Crippen molar-refractivity contribution < 1.29 is 24.1 Å². The molecule has 1 aromatic rings. The monoisotopic (exact) mass is 252 g/mol. The van der Waals surface area contributed by atoms with Gasteiger partial charge >= 0.3 is 5.97 Å². The number of aryl methyl sites for hydroxylation is 1. The molecule has 0 aliphatic carbocycles. The van der Waals surface area contributed by atoms with Crippen LogP contribution in [-0.2, 0) is 16.0 Å². The highest BCUT2D eigenvalue weighted by Gasteiger charge is 2.21. The molecule has 0 radical (unpaired) electrons. The minimum absolute atomic E-state index is 0.0868. The van der Waals surface area contributed by atoms with Gasteiger partial charge in [0.05, 0.1) is 20.3 Å². The predicted octanol–water partition coefficient (Wildman–Crippen LogP) is 1.49. The van der Waals surface area contributed by atoms with E-state index in [-0.39, 0.29) is 12.5 Å². The molecule has 1 aliphatic rings. The Bertz CT molecular complexity index is 425. The number of ether oxygens (including phenoxy) is 3. The summed E-state index contributed by atoms with van der Waals surface area (Å²) in [5.74, 6) is 0.496. The molecule has 2 rings (SSSR count). The van der Waals surface area contributed by atoms with Gasteiger partial charge in [0.2, 0.25) is 0 Å². The summed E-state index contributed by atoms with van der Waals surface area (Å²) in [6.07, 6.45) is 0.682. The first kappa shape index (κ1) is 12.7. The second kappa shape index (κ2) is 5.73. The van der Waals surface area contributed by atoms with Crippen LogP contribution in [0.4, 0.5) is 0 Å². The standard InChI is InChI=1S/C13H16O5/c1-16-12-6-9(3-5-13(14)15)2-4-11(12)18-10-7-17-8-10/h2,4,6,10H,3,5,7-8H2,1H3,(H,14,15). The molecule has 1 saturated heterocycles. The van der Waals surface area contributed by atoms with Crippen LogP contribution in [-0.4, -0.2) is 37.5 Å². The lowest BCUT2D eigenvalue weighted by Crippen LogP contribution is -2.38. The average molecular weight is 252 g/mol. The van der Waals surface area contributed by atoms with Crippen molar-refractivity contribution in [1.29, 1.82) is 0 Å². The van der Waals surface area contributed by atoms with Crippen LogP contribution in [0.2, 0.25) is 0 Å². The maximum atomic E-state index is 10.5. The molecular formula is C13H16O5. The number of hydrogen-bond donors (Lipinski definition) is 1. The normalized spacial score (nSPS) is 14.9. The largest absolute Gasteiger partial charge is 0.493 e. The van der Waals surface area contributed by atoms with Gasteiger partial charge in [0.15, 0.2) is 11.5 Å². The van der Waals surface area contributed by atoms with Crippen molar-refractivity contribution in [1.82, 2.24) is 0 Å². The molecule has 1 aliphatic heterocycles. The van der Waals surface area contributed by atoms with E-state index in [1.54, 1.807) is 7.11 Å². The lowest BCUT2D eigenvalue weighted by Gasteiger charge is -2.27. The molecule has 1 aromatic carbocycles. The van der Waals surface area contributed by atoms with Crippen LogP contribution in [0.5, 0.6) is 11.5 Å². The summed E-state index contributed by atoms with van der Waals surface area (Å²) >= 11 is 0. The summed E-state index contributed by atoms with van der Waals surface area (Å²) < 4.78 is 16.0. The second-order valence-corrected chi connectivity index (χ2v) is 4.16. The van der Waals surface area contributed by atoms with Gasteiger partial charge in [0.25, 0.3) is 0 Å². The van der Waals surface area contributed by atoms with E-state index >= 15 is 0 Å². The lowest BCUT2D eigenvalue weighted by atomic mass is 10.1. The van der Waals surface area contributed by atoms with Gasteiger partial charge in [-0.3, -0.25) is 4.79 Å². The third-order valence-electron chi connectivity index (χ3n) is 2.76. The Morgan fingerprint density at radius 2 is 2.22 bits per heavy atom. The molecule has 18 heavy (non-hydrogen) atoms. The zero-order valence-corrected chi connectivity index (χ0v) is 10.2. The summed E-state index contributed by atoms with van der Waals surface area (Å²) in [6, 6.07) is 5.49. The van der Waals surface area contributed by atoms with Gasteiger partial charge in [-0.1, -0.05) is 6.07 Å². The number of rotatable bonds is 6. The molecule has 98 valence electrons. The first-order valence-corrected chi connectivity index (χ1v) is 5.82. The minimum Gasteiger partial charge on any atom is -0.493 e. The fourth-order valence-corrected chi connectivity index (χ4v) is 1.68. The Morgan fingerprint density at radius 1 is 1.44 bits per heavy atom. The molecule has 5 heteroatoms. The molecule has 0 atom stereocenters. The van der Waals surface area contributed by atoms with Crippen molar-refractivity contribution >= 4 is 5.97 Å². The molecule has 0 amide bonds. The van der Waals surface area contributed by atoms with Gasteiger partial charge in [0.1, 0.15) is 6.10 Å². The first-order chi connectivity index (χ1) is 8.69. The molecule has 0 aromatic heterocycles. The maximum Gasteiger partial charge on any atom is 0.303 e. The van der Waals surface area contributed by atoms with E-state index in [0.29, 0.717) is 31.1 Å². The summed E-state index contributed by atoms with van der Waals surface area (Å²) in [5.41, 5.74) is 0.923. The highest BCUT2D eigenvalue weighted by atomic mass is 16.6. The molecule has 1 N–H and O–H groups in total. The smallest absolute Gasteiger partial charge is 0.303 e. The zero-order valence-electron chi connectivity index (χ0n) is 10.2.